The molecule has 1 aromatic heterocycles. The highest BCUT2D eigenvalue weighted by Gasteiger charge is 2.11. The van der Waals surface area contributed by atoms with Crippen LogP contribution in [0.5, 0.6) is 5.75 Å². The zero-order valence-electron chi connectivity index (χ0n) is 12.3. The second-order valence-electron chi connectivity index (χ2n) is 4.76. The number of nitro benzene ring substituents is 1. The first-order chi connectivity index (χ1) is 11.2. The lowest BCUT2D eigenvalue weighted by molar-refractivity contribution is -0.385. The molecule has 23 heavy (non-hydrogen) atoms. The molecule has 0 fully saturated rings. The van der Waals surface area contributed by atoms with Crippen molar-refractivity contribution in [3.8, 4) is 5.75 Å². The molecule has 0 amide bonds. The van der Waals surface area contributed by atoms with Crippen molar-refractivity contribution in [2.75, 3.05) is 7.11 Å². The number of benzene rings is 2. The predicted octanol–water partition coefficient (Wildman–Crippen LogP) is 3.90. The average Bonchev–Trinajstić information content (AvgIpc) is 2.59. The first-order valence-corrected chi connectivity index (χ1v) is 6.90. The largest absolute Gasteiger partial charge is 0.496 e. The molecule has 0 aliphatic heterocycles. The summed E-state index contributed by atoms with van der Waals surface area (Å²) in [4.78, 5) is 19.3. The predicted molar refractivity (Wildman–Crippen MR) is 88.6 cm³/mol. The first kappa shape index (κ1) is 14.6. The number of ether oxygens (including phenoxy) is 1. The number of nitro groups is 1. The number of pyridine rings is 1. The van der Waals surface area contributed by atoms with E-state index in [4.69, 9.17) is 4.74 Å². The van der Waals surface area contributed by atoms with Crippen LogP contribution in [-0.2, 0) is 0 Å². The second kappa shape index (κ2) is 6.23. The molecular weight excluding hydrogens is 294 g/mol. The molecule has 2 aromatic carbocycles. The van der Waals surface area contributed by atoms with Gasteiger partial charge in [-0.1, -0.05) is 12.1 Å². The molecule has 0 unspecified atom stereocenters. The summed E-state index contributed by atoms with van der Waals surface area (Å²) >= 11 is 0. The van der Waals surface area contributed by atoms with E-state index in [1.807, 2.05) is 12.1 Å². The monoisotopic (exact) mass is 307 g/mol. The number of aliphatic imine (C=N–C) groups is 1. The van der Waals surface area contributed by atoms with Gasteiger partial charge in [-0.15, -0.1) is 0 Å². The zero-order valence-corrected chi connectivity index (χ0v) is 12.3. The summed E-state index contributed by atoms with van der Waals surface area (Å²) in [5.41, 5.74) is 1.76. The number of aromatic nitrogens is 1. The van der Waals surface area contributed by atoms with Crippen LogP contribution >= 0.6 is 0 Å². The summed E-state index contributed by atoms with van der Waals surface area (Å²) in [5.74, 6) is 0.706. The Bertz CT molecular complexity index is 906. The van der Waals surface area contributed by atoms with Gasteiger partial charge in [0.1, 0.15) is 5.75 Å². The van der Waals surface area contributed by atoms with Crippen molar-refractivity contribution in [1.82, 2.24) is 4.98 Å². The molecule has 0 bridgehead atoms. The van der Waals surface area contributed by atoms with E-state index in [9.17, 15) is 10.1 Å². The quantitative estimate of drug-likeness (QED) is 0.416. The topological polar surface area (TPSA) is 77.6 Å². The summed E-state index contributed by atoms with van der Waals surface area (Å²) < 4.78 is 5.31. The lowest BCUT2D eigenvalue weighted by Crippen LogP contribution is -1.93. The van der Waals surface area contributed by atoms with Gasteiger partial charge in [0.2, 0.25) is 0 Å². The van der Waals surface area contributed by atoms with Gasteiger partial charge >= 0.3 is 0 Å². The Labute approximate surface area is 132 Å². The maximum absolute atomic E-state index is 11.0. The van der Waals surface area contributed by atoms with Gasteiger partial charge < -0.3 is 4.74 Å². The number of rotatable bonds is 4. The standard InChI is InChI=1S/C17H13N3O3/c1-23-16-9-8-14(17-13(16)6-4-10-18-17)19-11-12-5-2-3-7-15(12)20(21)22/h2-11H,1H3. The SMILES string of the molecule is COc1ccc(N=Cc2ccccc2[N+](=O)[O-])c2ncccc12. The number of hydrogen-bond acceptors (Lipinski definition) is 5. The van der Waals surface area contributed by atoms with Gasteiger partial charge in [0, 0.05) is 23.9 Å². The van der Waals surface area contributed by atoms with E-state index in [0.29, 0.717) is 22.5 Å². The summed E-state index contributed by atoms with van der Waals surface area (Å²) in [6.07, 6.45) is 3.15. The van der Waals surface area contributed by atoms with Crippen LogP contribution in [0.4, 0.5) is 11.4 Å². The molecule has 0 aliphatic rings. The third kappa shape index (κ3) is 2.87. The molecule has 0 aliphatic carbocycles. The highest BCUT2D eigenvalue weighted by molar-refractivity contribution is 5.96. The van der Waals surface area contributed by atoms with E-state index in [-0.39, 0.29) is 5.69 Å². The van der Waals surface area contributed by atoms with Crippen LogP contribution in [-0.4, -0.2) is 23.2 Å². The molecule has 0 spiro atoms. The smallest absolute Gasteiger partial charge is 0.278 e. The fraction of sp³-hybridized carbons (Fsp3) is 0.0588. The van der Waals surface area contributed by atoms with Gasteiger partial charge in [-0.05, 0) is 30.3 Å². The van der Waals surface area contributed by atoms with E-state index in [2.05, 4.69) is 9.98 Å². The summed E-state index contributed by atoms with van der Waals surface area (Å²) in [7, 11) is 1.60. The third-order valence-electron chi connectivity index (χ3n) is 3.40. The van der Waals surface area contributed by atoms with Crippen LogP contribution in [0, 0.1) is 10.1 Å². The van der Waals surface area contributed by atoms with E-state index < -0.39 is 4.92 Å². The molecule has 0 saturated heterocycles. The maximum Gasteiger partial charge on any atom is 0.278 e. The molecular formula is C17H13N3O3. The highest BCUT2D eigenvalue weighted by Crippen LogP contribution is 2.31. The van der Waals surface area contributed by atoms with Crippen LogP contribution < -0.4 is 4.74 Å². The fourth-order valence-corrected chi connectivity index (χ4v) is 2.32. The highest BCUT2D eigenvalue weighted by atomic mass is 16.6. The Kier molecular flexibility index (Phi) is 3.97. The van der Waals surface area contributed by atoms with Crippen molar-refractivity contribution in [2.24, 2.45) is 4.99 Å². The average molecular weight is 307 g/mol. The molecule has 0 N–H and O–H groups in total. The molecule has 6 nitrogen and oxygen atoms in total. The number of para-hydroxylation sites is 1. The number of nitrogens with zero attached hydrogens (tertiary/aromatic N) is 3. The van der Waals surface area contributed by atoms with Gasteiger partial charge in [0.05, 0.1) is 28.8 Å². The van der Waals surface area contributed by atoms with Crippen LogP contribution in [0.3, 0.4) is 0 Å². The van der Waals surface area contributed by atoms with E-state index in [1.54, 1.807) is 43.6 Å². The Balaban J connectivity index is 2.08. The van der Waals surface area contributed by atoms with Gasteiger partial charge in [0.25, 0.3) is 5.69 Å². The van der Waals surface area contributed by atoms with Crippen LogP contribution in [0.15, 0.2) is 59.7 Å². The molecule has 3 rings (SSSR count). The zero-order chi connectivity index (χ0) is 16.2. The minimum absolute atomic E-state index is 0.0158. The fourth-order valence-electron chi connectivity index (χ4n) is 2.32. The number of methoxy groups -OCH3 is 1. The normalized spacial score (nSPS) is 11.0. The van der Waals surface area contributed by atoms with E-state index in [1.165, 1.54) is 12.3 Å². The Hall–Kier alpha value is -3.28. The van der Waals surface area contributed by atoms with Gasteiger partial charge in [-0.3, -0.25) is 20.1 Å². The van der Waals surface area contributed by atoms with Gasteiger partial charge in [-0.2, -0.15) is 0 Å². The lowest BCUT2D eigenvalue weighted by Gasteiger charge is -2.06. The van der Waals surface area contributed by atoms with Crippen molar-refractivity contribution in [3.63, 3.8) is 0 Å². The molecule has 0 radical (unpaired) electrons. The second-order valence-corrected chi connectivity index (χ2v) is 4.76. The Morgan fingerprint density at radius 3 is 2.78 bits per heavy atom. The van der Waals surface area contributed by atoms with Crippen LogP contribution in [0.25, 0.3) is 10.9 Å². The Morgan fingerprint density at radius 1 is 1.17 bits per heavy atom. The van der Waals surface area contributed by atoms with Crippen LogP contribution in [0.2, 0.25) is 0 Å². The van der Waals surface area contributed by atoms with Crippen molar-refractivity contribution < 1.29 is 9.66 Å². The number of hydrogen-bond donors (Lipinski definition) is 0. The minimum Gasteiger partial charge on any atom is -0.496 e. The first-order valence-electron chi connectivity index (χ1n) is 6.90. The minimum atomic E-state index is -0.425. The van der Waals surface area contributed by atoms with Crippen molar-refractivity contribution in [3.05, 3.63) is 70.4 Å². The molecule has 0 atom stereocenters. The molecule has 114 valence electrons. The summed E-state index contributed by atoms with van der Waals surface area (Å²) in [6.45, 7) is 0. The Morgan fingerprint density at radius 2 is 2.00 bits per heavy atom. The van der Waals surface area contributed by atoms with Gasteiger partial charge in [-0.25, -0.2) is 0 Å². The molecule has 0 saturated carbocycles. The van der Waals surface area contributed by atoms with E-state index >= 15 is 0 Å². The van der Waals surface area contributed by atoms with Crippen molar-refractivity contribution in [1.29, 1.82) is 0 Å². The van der Waals surface area contributed by atoms with Gasteiger partial charge in [0.15, 0.2) is 0 Å². The van der Waals surface area contributed by atoms with Crippen LogP contribution in [0.1, 0.15) is 5.56 Å². The summed E-state index contributed by atoms with van der Waals surface area (Å²) in [6, 6.07) is 13.8. The molecule has 1 heterocycles. The van der Waals surface area contributed by atoms with E-state index in [0.717, 1.165) is 5.39 Å². The molecule has 6 heteroatoms. The maximum atomic E-state index is 11.0. The van der Waals surface area contributed by atoms with Crippen molar-refractivity contribution in [2.45, 2.75) is 0 Å². The van der Waals surface area contributed by atoms with Crippen molar-refractivity contribution >= 4 is 28.5 Å². The third-order valence-corrected chi connectivity index (χ3v) is 3.40. The molecule has 3 aromatic rings. The number of fused-ring (bicyclic) bond motifs is 1. The summed E-state index contributed by atoms with van der Waals surface area (Å²) in [5, 5.41) is 11.9. The lowest BCUT2D eigenvalue weighted by atomic mass is 10.1.